The Morgan fingerprint density at radius 2 is 2.04 bits per heavy atom. The van der Waals surface area contributed by atoms with Crippen molar-refractivity contribution in [3.63, 3.8) is 0 Å². The second kappa shape index (κ2) is 6.72. The Balaban J connectivity index is 1.64. The summed E-state index contributed by atoms with van der Waals surface area (Å²) in [5.41, 5.74) is 0. The van der Waals surface area contributed by atoms with Gasteiger partial charge in [-0.3, -0.25) is 4.90 Å². The molecular weight excluding hydrogens is 334 g/mol. The van der Waals surface area contributed by atoms with Crippen LogP contribution in [0.25, 0.3) is 0 Å². The zero-order valence-corrected chi connectivity index (χ0v) is 15.0. The van der Waals surface area contributed by atoms with Crippen LogP contribution in [0.5, 0.6) is 0 Å². The highest BCUT2D eigenvalue weighted by Crippen LogP contribution is 2.23. The quantitative estimate of drug-likeness (QED) is 0.796. The van der Waals surface area contributed by atoms with Crippen molar-refractivity contribution < 1.29 is 12.8 Å². The van der Waals surface area contributed by atoms with Gasteiger partial charge < -0.3 is 4.42 Å². The largest absolute Gasteiger partial charge is 0.447 e. The smallest absolute Gasteiger partial charge is 0.276 e. The second-order valence-electron chi connectivity index (χ2n) is 5.85. The van der Waals surface area contributed by atoms with Crippen molar-refractivity contribution in [3.8, 4) is 0 Å². The highest BCUT2D eigenvalue weighted by Gasteiger charge is 2.29. The van der Waals surface area contributed by atoms with E-state index in [2.05, 4.69) is 9.88 Å². The van der Waals surface area contributed by atoms with Crippen molar-refractivity contribution in [2.75, 3.05) is 20.1 Å². The fourth-order valence-corrected chi connectivity index (χ4v) is 5.02. The maximum atomic E-state index is 12.4. The van der Waals surface area contributed by atoms with E-state index >= 15 is 0 Å². The van der Waals surface area contributed by atoms with E-state index in [1.807, 2.05) is 20.2 Å². The molecule has 0 aliphatic carbocycles. The van der Waals surface area contributed by atoms with Crippen molar-refractivity contribution in [2.45, 2.75) is 37.9 Å². The summed E-state index contributed by atoms with van der Waals surface area (Å²) in [6.07, 6.45) is 3.72. The van der Waals surface area contributed by atoms with Crippen LogP contribution >= 0.6 is 11.3 Å². The molecule has 0 aromatic carbocycles. The number of thiazole rings is 1. The van der Waals surface area contributed by atoms with Gasteiger partial charge in [0, 0.05) is 30.7 Å². The standard InChI is InChI=1S/C15H21N3O3S2/c1-12-16-9-14(22-12)11-17(2)10-13-5-6-15(21-13)23(19,20)18-7-3-4-8-18/h5-6,9H,3-4,7-8,10-11H2,1-2H3. The molecule has 2 aromatic rings. The summed E-state index contributed by atoms with van der Waals surface area (Å²) >= 11 is 1.67. The van der Waals surface area contributed by atoms with Crippen LogP contribution in [0.4, 0.5) is 0 Å². The molecule has 3 heterocycles. The van der Waals surface area contributed by atoms with Gasteiger partial charge in [-0.25, -0.2) is 13.4 Å². The Morgan fingerprint density at radius 1 is 1.30 bits per heavy atom. The fourth-order valence-electron chi connectivity index (χ4n) is 2.70. The number of rotatable bonds is 6. The van der Waals surface area contributed by atoms with Crippen molar-refractivity contribution in [1.82, 2.24) is 14.2 Å². The molecule has 0 unspecified atom stereocenters. The van der Waals surface area contributed by atoms with Crippen molar-refractivity contribution in [3.05, 3.63) is 34.0 Å². The van der Waals surface area contributed by atoms with Crippen molar-refractivity contribution in [1.29, 1.82) is 0 Å². The molecule has 1 aliphatic heterocycles. The molecule has 1 saturated heterocycles. The maximum Gasteiger partial charge on any atom is 0.276 e. The molecule has 126 valence electrons. The number of aromatic nitrogens is 1. The van der Waals surface area contributed by atoms with Gasteiger partial charge in [0.15, 0.2) is 0 Å². The van der Waals surface area contributed by atoms with Gasteiger partial charge in [-0.15, -0.1) is 11.3 Å². The topological polar surface area (TPSA) is 66.7 Å². The molecular formula is C15H21N3O3S2. The fraction of sp³-hybridized carbons (Fsp3) is 0.533. The van der Waals surface area contributed by atoms with Crippen LogP contribution < -0.4 is 0 Å². The molecule has 3 rings (SSSR count). The Labute approximate surface area is 140 Å². The third-order valence-electron chi connectivity index (χ3n) is 3.82. The van der Waals surface area contributed by atoms with Crippen LogP contribution in [0.2, 0.25) is 0 Å². The third kappa shape index (κ3) is 3.82. The van der Waals surface area contributed by atoms with Gasteiger partial charge >= 0.3 is 0 Å². The Morgan fingerprint density at radius 3 is 2.70 bits per heavy atom. The van der Waals surface area contributed by atoms with E-state index in [0.29, 0.717) is 25.4 Å². The summed E-state index contributed by atoms with van der Waals surface area (Å²) in [5, 5.41) is 1.10. The monoisotopic (exact) mass is 355 g/mol. The zero-order valence-electron chi connectivity index (χ0n) is 13.4. The molecule has 0 amide bonds. The van der Waals surface area contributed by atoms with E-state index in [9.17, 15) is 8.42 Å². The molecule has 1 aliphatic rings. The van der Waals surface area contributed by atoms with E-state index in [1.165, 1.54) is 9.18 Å². The molecule has 0 N–H and O–H groups in total. The number of furan rings is 1. The lowest BCUT2D eigenvalue weighted by Gasteiger charge is -2.14. The Kier molecular flexibility index (Phi) is 4.86. The predicted octanol–water partition coefficient (Wildman–Crippen LogP) is 2.46. The second-order valence-corrected chi connectivity index (χ2v) is 9.04. The van der Waals surface area contributed by atoms with Crippen LogP contribution in [0.15, 0.2) is 27.8 Å². The lowest BCUT2D eigenvalue weighted by Crippen LogP contribution is -2.27. The molecule has 0 spiro atoms. The van der Waals surface area contributed by atoms with Gasteiger partial charge in [-0.1, -0.05) is 0 Å². The normalized spacial score (nSPS) is 16.5. The molecule has 6 nitrogen and oxygen atoms in total. The lowest BCUT2D eigenvalue weighted by molar-refractivity contribution is 0.275. The van der Waals surface area contributed by atoms with E-state index in [1.54, 1.807) is 23.5 Å². The van der Waals surface area contributed by atoms with Crippen molar-refractivity contribution >= 4 is 21.4 Å². The number of sulfonamides is 1. The average Bonchev–Trinajstić information content (AvgIpc) is 3.20. The van der Waals surface area contributed by atoms with Crippen LogP contribution in [-0.2, 0) is 23.1 Å². The summed E-state index contributed by atoms with van der Waals surface area (Å²) in [6, 6.07) is 3.31. The summed E-state index contributed by atoms with van der Waals surface area (Å²) in [5.74, 6) is 0.659. The molecule has 2 aromatic heterocycles. The molecule has 0 saturated carbocycles. The van der Waals surface area contributed by atoms with Crippen LogP contribution in [0.3, 0.4) is 0 Å². The minimum Gasteiger partial charge on any atom is -0.447 e. The van der Waals surface area contributed by atoms with Gasteiger partial charge in [0.1, 0.15) is 5.76 Å². The third-order valence-corrected chi connectivity index (χ3v) is 6.49. The van der Waals surface area contributed by atoms with Gasteiger partial charge in [0.25, 0.3) is 10.0 Å². The van der Waals surface area contributed by atoms with E-state index in [-0.39, 0.29) is 5.09 Å². The Bertz CT molecular complexity index is 761. The first-order valence-corrected chi connectivity index (χ1v) is 9.89. The van der Waals surface area contributed by atoms with Gasteiger partial charge in [-0.2, -0.15) is 4.31 Å². The van der Waals surface area contributed by atoms with Gasteiger partial charge in [-0.05, 0) is 38.9 Å². The SMILES string of the molecule is Cc1ncc(CN(C)Cc2ccc(S(=O)(=O)N3CCCC3)o2)s1. The number of hydrogen-bond acceptors (Lipinski definition) is 6. The number of nitrogens with zero attached hydrogens (tertiary/aromatic N) is 3. The first-order valence-electron chi connectivity index (χ1n) is 7.64. The van der Waals surface area contributed by atoms with E-state index in [4.69, 9.17) is 4.42 Å². The number of hydrogen-bond donors (Lipinski definition) is 0. The van der Waals surface area contributed by atoms with Crippen LogP contribution in [0.1, 0.15) is 28.5 Å². The van der Waals surface area contributed by atoms with Crippen molar-refractivity contribution in [2.24, 2.45) is 0 Å². The summed E-state index contributed by atoms with van der Waals surface area (Å²) < 4.78 is 32.0. The summed E-state index contributed by atoms with van der Waals surface area (Å²) in [7, 11) is -1.49. The lowest BCUT2D eigenvalue weighted by atomic mass is 10.4. The van der Waals surface area contributed by atoms with E-state index < -0.39 is 10.0 Å². The predicted molar refractivity (Wildman–Crippen MR) is 88.7 cm³/mol. The summed E-state index contributed by atoms with van der Waals surface area (Å²) in [6.45, 7) is 4.48. The molecule has 8 heteroatoms. The average molecular weight is 355 g/mol. The minimum atomic E-state index is -3.47. The summed E-state index contributed by atoms with van der Waals surface area (Å²) in [4.78, 5) is 7.50. The molecule has 0 bridgehead atoms. The highest BCUT2D eigenvalue weighted by molar-refractivity contribution is 7.89. The van der Waals surface area contributed by atoms with E-state index in [0.717, 1.165) is 24.4 Å². The molecule has 1 fully saturated rings. The first kappa shape index (κ1) is 16.6. The highest BCUT2D eigenvalue weighted by atomic mass is 32.2. The molecule has 0 atom stereocenters. The van der Waals surface area contributed by atoms with Crippen LogP contribution in [-0.4, -0.2) is 42.7 Å². The molecule has 23 heavy (non-hydrogen) atoms. The molecule has 0 radical (unpaired) electrons. The minimum absolute atomic E-state index is 0.0523. The maximum absolute atomic E-state index is 12.4. The zero-order chi connectivity index (χ0) is 16.4. The van der Waals surface area contributed by atoms with Gasteiger partial charge in [0.05, 0.1) is 11.6 Å². The Hall–Kier alpha value is -1.22. The van der Waals surface area contributed by atoms with Crippen LogP contribution in [0, 0.1) is 6.92 Å². The van der Waals surface area contributed by atoms with Gasteiger partial charge in [0.2, 0.25) is 5.09 Å². The number of aryl methyl sites for hydroxylation is 1. The first-order chi connectivity index (χ1) is 10.9.